The molecule has 8 nitrogen and oxygen atoms in total. The van der Waals surface area contributed by atoms with Gasteiger partial charge in [0.25, 0.3) is 5.91 Å². The first-order valence-electron chi connectivity index (χ1n) is 5.33. The summed E-state index contributed by atoms with van der Waals surface area (Å²) >= 11 is 0. The van der Waals surface area contributed by atoms with Crippen molar-refractivity contribution in [2.75, 3.05) is 13.2 Å². The van der Waals surface area contributed by atoms with Crippen molar-refractivity contribution >= 4 is 5.91 Å². The summed E-state index contributed by atoms with van der Waals surface area (Å²) < 4.78 is 0. The van der Waals surface area contributed by atoms with Gasteiger partial charge in [0.15, 0.2) is 0 Å². The molecule has 18 heavy (non-hydrogen) atoms. The maximum Gasteiger partial charge on any atom is 0.260 e. The second-order valence-electron chi connectivity index (χ2n) is 3.91. The van der Waals surface area contributed by atoms with Gasteiger partial charge in [0.2, 0.25) is 0 Å². The van der Waals surface area contributed by atoms with Gasteiger partial charge in [-0.2, -0.15) is 0 Å². The van der Waals surface area contributed by atoms with Gasteiger partial charge in [-0.25, -0.2) is 5.43 Å². The molecule has 0 aromatic heterocycles. The van der Waals surface area contributed by atoms with E-state index in [4.69, 9.17) is 10.2 Å². The van der Waals surface area contributed by atoms with E-state index in [9.17, 15) is 20.1 Å². The number of carbonyl (C=O) groups excluding carboxylic acids is 1. The predicted octanol–water partition coefficient (Wildman–Crippen LogP) is -3.38. The minimum absolute atomic E-state index is 0.255. The van der Waals surface area contributed by atoms with Gasteiger partial charge in [-0.15, -0.1) is 0 Å². The number of nitrogens with one attached hydrogen (secondary N) is 2. The minimum atomic E-state index is -1.69. The molecule has 0 aliphatic carbocycles. The van der Waals surface area contributed by atoms with Crippen LogP contribution < -0.4 is 10.9 Å². The minimum Gasteiger partial charge on any atom is -0.394 e. The van der Waals surface area contributed by atoms with Gasteiger partial charge in [-0.05, 0) is 6.92 Å². The van der Waals surface area contributed by atoms with Gasteiger partial charge >= 0.3 is 0 Å². The summed E-state index contributed by atoms with van der Waals surface area (Å²) in [5.41, 5.74) is 4.79. The van der Waals surface area contributed by atoms with Crippen LogP contribution in [0.4, 0.5) is 0 Å². The Morgan fingerprint density at radius 2 is 1.67 bits per heavy atom. The highest BCUT2D eigenvalue weighted by Crippen LogP contribution is 2.04. The van der Waals surface area contributed by atoms with E-state index in [2.05, 4.69) is 17.4 Å². The summed E-state index contributed by atoms with van der Waals surface area (Å²) in [5, 5.41) is 45.8. The van der Waals surface area contributed by atoms with Crippen LogP contribution in [0.25, 0.3) is 0 Å². The van der Waals surface area contributed by atoms with Crippen LogP contribution in [-0.2, 0) is 4.79 Å². The van der Waals surface area contributed by atoms with Crippen LogP contribution in [0, 0.1) is 0 Å². The maximum atomic E-state index is 11.0. The van der Waals surface area contributed by atoms with Crippen LogP contribution in [0.15, 0.2) is 12.2 Å². The zero-order valence-electron chi connectivity index (χ0n) is 10.1. The third kappa shape index (κ3) is 5.54. The number of hydrazine groups is 1. The van der Waals surface area contributed by atoms with Crippen molar-refractivity contribution in [2.45, 2.75) is 31.3 Å². The predicted molar refractivity (Wildman–Crippen MR) is 62.1 cm³/mol. The van der Waals surface area contributed by atoms with E-state index in [-0.39, 0.29) is 12.1 Å². The fraction of sp³-hybridized carbons (Fsp3) is 0.700. The standard InChI is InChI=1S/C10H20N2O6/c1-5(2)10(18)12-11-3-6(14)8(16)9(17)7(15)4-13/h6-9,11,13-17H,1,3-4H2,2H3,(H,12,18)/t6-,7+,8+,9+/m0/s1. The van der Waals surface area contributed by atoms with Gasteiger partial charge < -0.3 is 25.5 Å². The molecule has 0 spiro atoms. The number of hydrogen-bond donors (Lipinski definition) is 7. The van der Waals surface area contributed by atoms with E-state index >= 15 is 0 Å². The van der Waals surface area contributed by atoms with Gasteiger partial charge in [-0.1, -0.05) is 6.58 Å². The molecule has 0 aromatic rings. The monoisotopic (exact) mass is 264 g/mol. The lowest BCUT2D eigenvalue weighted by molar-refractivity contribution is -0.121. The second-order valence-corrected chi connectivity index (χ2v) is 3.91. The third-order valence-electron chi connectivity index (χ3n) is 2.23. The summed E-state index contributed by atoms with van der Waals surface area (Å²) in [7, 11) is 0. The second kappa shape index (κ2) is 8.14. The van der Waals surface area contributed by atoms with E-state index in [1.807, 2.05) is 0 Å². The number of amides is 1. The molecule has 0 aromatic carbocycles. The van der Waals surface area contributed by atoms with Crippen LogP contribution in [0.1, 0.15) is 6.92 Å². The Hall–Kier alpha value is -1.03. The van der Waals surface area contributed by atoms with Crippen molar-refractivity contribution in [2.24, 2.45) is 0 Å². The van der Waals surface area contributed by atoms with Crippen LogP contribution in [0.5, 0.6) is 0 Å². The lowest BCUT2D eigenvalue weighted by Crippen LogP contribution is -2.51. The smallest absolute Gasteiger partial charge is 0.260 e. The number of carbonyl (C=O) groups is 1. The summed E-state index contributed by atoms with van der Waals surface area (Å²) in [6, 6.07) is 0. The molecule has 0 bridgehead atoms. The van der Waals surface area contributed by atoms with Gasteiger partial charge in [-0.3, -0.25) is 10.2 Å². The zero-order valence-corrected chi connectivity index (χ0v) is 10.1. The van der Waals surface area contributed by atoms with Crippen LogP contribution >= 0.6 is 0 Å². The molecule has 0 heterocycles. The fourth-order valence-electron chi connectivity index (χ4n) is 1.03. The first-order valence-corrected chi connectivity index (χ1v) is 5.33. The molecule has 0 fully saturated rings. The van der Waals surface area contributed by atoms with E-state index in [0.717, 1.165) is 0 Å². The molecule has 0 aliphatic rings. The maximum absolute atomic E-state index is 11.0. The molecule has 0 saturated heterocycles. The molecule has 1 amide bonds. The lowest BCUT2D eigenvalue weighted by atomic mass is 10.0. The normalized spacial score (nSPS) is 17.7. The Morgan fingerprint density at radius 1 is 1.17 bits per heavy atom. The Bertz CT molecular complexity index is 286. The van der Waals surface area contributed by atoms with Gasteiger partial charge in [0, 0.05) is 12.1 Å². The average Bonchev–Trinajstić information content (AvgIpc) is 2.35. The molecule has 0 aliphatic heterocycles. The average molecular weight is 264 g/mol. The van der Waals surface area contributed by atoms with E-state index in [1.54, 1.807) is 0 Å². The van der Waals surface area contributed by atoms with Crippen molar-refractivity contribution in [3.8, 4) is 0 Å². The number of aliphatic hydroxyl groups excluding tert-OH is 5. The quantitative estimate of drug-likeness (QED) is 0.179. The van der Waals surface area contributed by atoms with Crippen molar-refractivity contribution < 1.29 is 30.3 Å². The fourth-order valence-corrected chi connectivity index (χ4v) is 1.03. The van der Waals surface area contributed by atoms with Crippen molar-refractivity contribution in [1.29, 1.82) is 0 Å². The largest absolute Gasteiger partial charge is 0.394 e. The van der Waals surface area contributed by atoms with Gasteiger partial charge in [0.1, 0.15) is 18.3 Å². The molecular formula is C10H20N2O6. The highest BCUT2D eigenvalue weighted by molar-refractivity contribution is 5.91. The molecule has 0 rings (SSSR count). The van der Waals surface area contributed by atoms with Crippen molar-refractivity contribution in [1.82, 2.24) is 10.9 Å². The molecule has 0 saturated carbocycles. The van der Waals surface area contributed by atoms with Crippen molar-refractivity contribution in [3.63, 3.8) is 0 Å². The van der Waals surface area contributed by atoms with E-state index in [0.29, 0.717) is 0 Å². The number of rotatable bonds is 8. The molecule has 8 heteroatoms. The van der Waals surface area contributed by atoms with Crippen LogP contribution in [-0.4, -0.2) is 69.0 Å². The van der Waals surface area contributed by atoms with E-state index in [1.165, 1.54) is 6.92 Å². The molecule has 106 valence electrons. The highest BCUT2D eigenvalue weighted by atomic mass is 16.4. The highest BCUT2D eigenvalue weighted by Gasteiger charge is 2.29. The zero-order chi connectivity index (χ0) is 14.3. The number of hydrogen-bond acceptors (Lipinski definition) is 7. The molecule has 4 atom stereocenters. The topological polar surface area (TPSA) is 142 Å². The van der Waals surface area contributed by atoms with E-state index < -0.39 is 36.9 Å². The third-order valence-corrected chi connectivity index (χ3v) is 2.23. The van der Waals surface area contributed by atoms with Crippen molar-refractivity contribution in [3.05, 3.63) is 12.2 Å². The Kier molecular flexibility index (Phi) is 7.67. The summed E-state index contributed by atoms with van der Waals surface area (Å²) in [6.45, 7) is 3.88. The summed E-state index contributed by atoms with van der Waals surface area (Å²) in [5.74, 6) is -0.479. The Morgan fingerprint density at radius 3 is 2.11 bits per heavy atom. The Labute approximate surface area is 105 Å². The first kappa shape index (κ1) is 17.0. The molecular weight excluding hydrogens is 244 g/mol. The number of aliphatic hydroxyl groups is 5. The first-order chi connectivity index (χ1) is 8.31. The van der Waals surface area contributed by atoms with Crippen LogP contribution in [0.2, 0.25) is 0 Å². The molecule has 7 N–H and O–H groups in total. The Balaban J connectivity index is 4.05. The summed E-state index contributed by atoms with van der Waals surface area (Å²) in [6.07, 6.45) is -6.35. The summed E-state index contributed by atoms with van der Waals surface area (Å²) in [4.78, 5) is 11.0. The molecule has 0 radical (unpaired) electrons. The molecule has 0 unspecified atom stereocenters. The SMILES string of the molecule is C=C(C)C(=O)NNC[C@H](O)[C@@H](O)[C@H](O)[C@H](O)CO. The van der Waals surface area contributed by atoms with Crippen LogP contribution in [0.3, 0.4) is 0 Å². The van der Waals surface area contributed by atoms with Gasteiger partial charge in [0.05, 0.1) is 12.7 Å². The lowest BCUT2D eigenvalue weighted by Gasteiger charge is -2.25.